The van der Waals surface area contributed by atoms with Gasteiger partial charge in [-0.3, -0.25) is 9.59 Å². The number of aliphatic hydroxyl groups excluding tert-OH is 1. The first kappa shape index (κ1) is 32.6. The molecule has 0 aliphatic carbocycles. The predicted octanol–water partition coefficient (Wildman–Crippen LogP) is 5.23. The smallest absolute Gasteiger partial charge is 0.408 e. The Balaban J connectivity index is 2.61. The number of phenolic OH excluding ortho intramolecular Hbond substituents is 1. The van der Waals surface area contributed by atoms with Crippen molar-refractivity contribution in [1.29, 1.82) is 0 Å². The molecule has 0 bridgehead atoms. The fourth-order valence-electron chi connectivity index (χ4n) is 4.46. The molecule has 0 fully saturated rings. The third-order valence-corrected chi connectivity index (χ3v) is 6.50. The van der Waals surface area contributed by atoms with Gasteiger partial charge in [-0.1, -0.05) is 44.2 Å². The summed E-state index contributed by atoms with van der Waals surface area (Å²) in [5.41, 5.74) is 1.92. The highest BCUT2D eigenvalue weighted by Gasteiger charge is 2.39. The average Bonchev–Trinajstić information content (AvgIpc) is 2.85. The van der Waals surface area contributed by atoms with Crippen molar-refractivity contribution in [2.75, 3.05) is 11.9 Å². The SMILES string of the molecule is Cc1cccc(C)c1NC(=O)C(c1cccc(O)c1)N(C(=O)C(CO)NC(=O)OC(C)(C)C)C(C)CCC(C)C. The van der Waals surface area contributed by atoms with Crippen LogP contribution in [0, 0.1) is 19.8 Å². The maximum Gasteiger partial charge on any atom is 0.408 e. The molecule has 0 spiro atoms. The van der Waals surface area contributed by atoms with Gasteiger partial charge >= 0.3 is 6.09 Å². The van der Waals surface area contributed by atoms with Crippen LogP contribution < -0.4 is 10.6 Å². The molecule has 0 saturated carbocycles. The molecule has 2 aromatic rings. The van der Waals surface area contributed by atoms with Crippen molar-refractivity contribution in [3.63, 3.8) is 0 Å². The zero-order chi connectivity index (χ0) is 30.2. The predicted molar refractivity (Wildman–Crippen MR) is 156 cm³/mol. The Morgan fingerprint density at radius 2 is 1.57 bits per heavy atom. The number of benzene rings is 2. The molecular weight excluding hydrogens is 510 g/mol. The van der Waals surface area contributed by atoms with Gasteiger partial charge in [0.1, 0.15) is 23.4 Å². The van der Waals surface area contributed by atoms with Crippen molar-refractivity contribution in [2.45, 2.75) is 92.0 Å². The zero-order valence-corrected chi connectivity index (χ0v) is 24.9. The van der Waals surface area contributed by atoms with E-state index >= 15 is 0 Å². The molecule has 2 aromatic carbocycles. The van der Waals surface area contributed by atoms with E-state index in [9.17, 15) is 24.6 Å². The number of aryl methyl sites for hydroxylation is 2. The molecule has 0 aliphatic heterocycles. The lowest BCUT2D eigenvalue weighted by Gasteiger charge is -2.38. The molecule has 3 amide bonds. The van der Waals surface area contributed by atoms with E-state index in [0.717, 1.165) is 17.5 Å². The standard InChI is InChI=1S/C31H45N3O6/c1-19(2)15-16-22(5)34(29(38)25(18-35)32-30(39)40-31(6,7)8)27(23-13-10-14-24(36)17-23)28(37)33-26-20(3)11-9-12-21(26)4/h9-14,17,19,22,25,27,35-36H,15-16,18H2,1-8H3,(H,32,39)(H,33,37). The van der Waals surface area contributed by atoms with Crippen LogP contribution in [0.25, 0.3) is 0 Å². The van der Waals surface area contributed by atoms with E-state index in [1.165, 1.54) is 17.0 Å². The Labute approximate surface area is 237 Å². The average molecular weight is 556 g/mol. The molecule has 0 radical (unpaired) electrons. The van der Waals surface area contributed by atoms with E-state index in [0.29, 0.717) is 23.6 Å². The number of aromatic hydroxyl groups is 1. The van der Waals surface area contributed by atoms with Gasteiger partial charge in [-0.25, -0.2) is 4.79 Å². The van der Waals surface area contributed by atoms with E-state index in [4.69, 9.17) is 4.74 Å². The quantitative estimate of drug-likeness (QED) is 0.301. The minimum absolute atomic E-state index is 0.0600. The Morgan fingerprint density at radius 3 is 2.10 bits per heavy atom. The van der Waals surface area contributed by atoms with Gasteiger partial charge < -0.3 is 30.5 Å². The molecule has 0 saturated heterocycles. The second kappa shape index (κ2) is 14.2. The maximum atomic E-state index is 14.1. The molecular formula is C31H45N3O6. The Morgan fingerprint density at radius 1 is 0.975 bits per heavy atom. The van der Waals surface area contributed by atoms with Crippen molar-refractivity contribution in [1.82, 2.24) is 10.2 Å². The van der Waals surface area contributed by atoms with E-state index in [2.05, 4.69) is 24.5 Å². The largest absolute Gasteiger partial charge is 0.508 e. The van der Waals surface area contributed by atoms with Crippen molar-refractivity contribution in [3.05, 3.63) is 59.2 Å². The lowest BCUT2D eigenvalue weighted by Crippen LogP contribution is -2.56. The summed E-state index contributed by atoms with van der Waals surface area (Å²) in [5.74, 6) is -0.845. The molecule has 0 aliphatic rings. The van der Waals surface area contributed by atoms with Crippen molar-refractivity contribution in [2.24, 2.45) is 5.92 Å². The number of nitrogens with zero attached hydrogens (tertiary/aromatic N) is 1. The van der Waals surface area contributed by atoms with Crippen LogP contribution in [0.3, 0.4) is 0 Å². The fraction of sp³-hybridized carbons (Fsp3) is 0.516. The molecule has 0 aromatic heterocycles. The highest BCUT2D eigenvalue weighted by atomic mass is 16.6. The molecule has 3 atom stereocenters. The molecule has 9 heteroatoms. The Kier molecular flexibility index (Phi) is 11.5. The van der Waals surface area contributed by atoms with Gasteiger partial charge in [0.15, 0.2) is 0 Å². The number of hydrogen-bond donors (Lipinski definition) is 4. The van der Waals surface area contributed by atoms with Crippen LogP contribution in [0.2, 0.25) is 0 Å². The van der Waals surface area contributed by atoms with Crippen molar-refractivity contribution < 1.29 is 29.3 Å². The first-order valence-corrected chi connectivity index (χ1v) is 13.7. The summed E-state index contributed by atoms with van der Waals surface area (Å²) in [6, 6.07) is 8.87. The second-order valence-corrected chi connectivity index (χ2v) is 11.7. The highest BCUT2D eigenvalue weighted by Crippen LogP contribution is 2.31. The lowest BCUT2D eigenvalue weighted by molar-refractivity contribution is -0.144. The normalized spacial score (nSPS) is 13.8. The van der Waals surface area contributed by atoms with Gasteiger partial charge in [-0.15, -0.1) is 0 Å². The van der Waals surface area contributed by atoms with Crippen LogP contribution >= 0.6 is 0 Å². The summed E-state index contributed by atoms with van der Waals surface area (Å²) in [6.45, 7) is 14.1. The van der Waals surface area contributed by atoms with Gasteiger partial charge in [-0.05, 0) is 89.1 Å². The van der Waals surface area contributed by atoms with Gasteiger partial charge in [0, 0.05) is 11.7 Å². The van der Waals surface area contributed by atoms with Crippen molar-refractivity contribution >= 4 is 23.6 Å². The van der Waals surface area contributed by atoms with Crippen LogP contribution in [-0.4, -0.2) is 57.3 Å². The van der Waals surface area contributed by atoms with Crippen molar-refractivity contribution in [3.8, 4) is 5.75 Å². The molecule has 40 heavy (non-hydrogen) atoms. The molecule has 3 unspecified atom stereocenters. The Bertz CT molecular complexity index is 1150. The summed E-state index contributed by atoms with van der Waals surface area (Å²) in [6.07, 6.45) is 0.489. The summed E-state index contributed by atoms with van der Waals surface area (Å²) in [5, 5.41) is 25.9. The van der Waals surface area contributed by atoms with E-state index < -0.39 is 48.2 Å². The minimum atomic E-state index is -1.36. The van der Waals surface area contributed by atoms with Gasteiger partial charge in [0.25, 0.3) is 5.91 Å². The number of anilines is 1. The third kappa shape index (κ3) is 9.26. The number of ether oxygens (including phenoxy) is 1. The number of phenols is 1. The number of hydrogen-bond acceptors (Lipinski definition) is 6. The number of rotatable bonds is 11. The number of aliphatic hydroxyl groups is 1. The van der Waals surface area contributed by atoms with Crippen LogP contribution in [0.1, 0.15) is 77.1 Å². The number of nitrogens with one attached hydrogen (secondary N) is 2. The van der Waals surface area contributed by atoms with Crippen LogP contribution in [0.4, 0.5) is 10.5 Å². The highest BCUT2D eigenvalue weighted by molar-refractivity contribution is 6.00. The molecule has 2 rings (SSSR count). The maximum absolute atomic E-state index is 14.1. The third-order valence-electron chi connectivity index (χ3n) is 6.50. The van der Waals surface area contributed by atoms with E-state index in [1.807, 2.05) is 39.0 Å². The number of alkyl carbamates (subject to hydrolysis) is 1. The zero-order valence-electron chi connectivity index (χ0n) is 24.9. The van der Waals surface area contributed by atoms with E-state index in [1.54, 1.807) is 32.9 Å². The number of carbonyl (C=O) groups is 3. The first-order chi connectivity index (χ1) is 18.6. The second-order valence-electron chi connectivity index (χ2n) is 11.7. The van der Waals surface area contributed by atoms with Crippen LogP contribution in [0.15, 0.2) is 42.5 Å². The Hall–Kier alpha value is -3.59. The number of para-hydroxylation sites is 1. The summed E-state index contributed by atoms with van der Waals surface area (Å²) >= 11 is 0. The monoisotopic (exact) mass is 555 g/mol. The lowest BCUT2D eigenvalue weighted by atomic mass is 9.96. The summed E-state index contributed by atoms with van der Waals surface area (Å²) < 4.78 is 5.31. The van der Waals surface area contributed by atoms with Gasteiger partial charge in [0.2, 0.25) is 5.91 Å². The topological polar surface area (TPSA) is 128 Å². The van der Waals surface area contributed by atoms with E-state index in [-0.39, 0.29) is 5.75 Å². The van der Waals surface area contributed by atoms with Crippen LogP contribution in [0.5, 0.6) is 5.75 Å². The minimum Gasteiger partial charge on any atom is -0.508 e. The fourth-order valence-corrected chi connectivity index (χ4v) is 4.46. The number of amides is 3. The molecule has 0 heterocycles. The summed E-state index contributed by atoms with van der Waals surface area (Å²) in [7, 11) is 0. The molecule has 4 N–H and O–H groups in total. The number of carbonyl (C=O) groups excluding carboxylic acids is 3. The first-order valence-electron chi connectivity index (χ1n) is 13.7. The van der Waals surface area contributed by atoms with Gasteiger partial charge in [0.05, 0.1) is 6.61 Å². The molecule has 220 valence electrons. The van der Waals surface area contributed by atoms with Gasteiger partial charge in [-0.2, -0.15) is 0 Å². The van der Waals surface area contributed by atoms with Crippen LogP contribution in [-0.2, 0) is 14.3 Å². The summed E-state index contributed by atoms with van der Waals surface area (Å²) in [4.78, 5) is 42.1. The molecule has 9 nitrogen and oxygen atoms in total.